The van der Waals surface area contributed by atoms with E-state index in [0.29, 0.717) is 10.7 Å². The first kappa shape index (κ1) is 11.4. The molecule has 0 unspecified atom stereocenters. The number of nitrogens with one attached hydrogen (secondary N) is 1. The lowest BCUT2D eigenvalue weighted by Crippen LogP contribution is -2.00. The van der Waals surface area contributed by atoms with Crippen molar-refractivity contribution in [2.24, 2.45) is 7.05 Å². The van der Waals surface area contributed by atoms with Crippen molar-refractivity contribution >= 4 is 12.2 Å². The van der Waals surface area contributed by atoms with Crippen molar-refractivity contribution in [3.05, 3.63) is 10.6 Å². The zero-order valence-corrected chi connectivity index (χ0v) is 9.20. The van der Waals surface area contributed by atoms with Crippen LogP contribution in [-0.4, -0.2) is 14.8 Å². The van der Waals surface area contributed by atoms with Crippen LogP contribution in [0.3, 0.4) is 0 Å². The first-order valence-corrected chi connectivity index (χ1v) is 4.65. The molecule has 0 spiro atoms. The fourth-order valence-electron chi connectivity index (χ4n) is 0.921. The Morgan fingerprint density at radius 1 is 1.42 bits per heavy atom. The third-order valence-electron chi connectivity index (χ3n) is 1.34. The predicted molar refractivity (Wildman–Crippen MR) is 53.8 cm³/mol. The van der Waals surface area contributed by atoms with E-state index in [0.717, 1.165) is 5.82 Å². The normalized spacial score (nSPS) is 9.50. The number of nitrogens with zero attached hydrogens (tertiary/aromatic N) is 2. The largest absolute Gasteiger partial charge is 0.275 e. The lowest BCUT2D eigenvalue weighted by molar-refractivity contribution is 0.654. The van der Waals surface area contributed by atoms with Gasteiger partial charge in [-0.05, 0) is 12.2 Å². The molecule has 1 aromatic heterocycles. The molecule has 0 saturated heterocycles. The van der Waals surface area contributed by atoms with Crippen LogP contribution in [0.15, 0.2) is 0 Å². The lowest BCUT2D eigenvalue weighted by Gasteiger charge is -2.01. The van der Waals surface area contributed by atoms with Gasteiger partial charge in [0, 0.05) is 13.0 Å². The van der Waals surface area contributed by atoms with Crippen LogP contribution >= 0.6 is 12.2 Å². The third-order valence-corrected chi connectivity index (χ3v) is 1.52. The molecular formula is C8H17N3S. The smallest absolute Gasteiger partial charge is 0.213 e. The maximum atomic E-state index is 4.85. The van der Waals surface area contributed by atoms with Gasteiger partial charge >= 0.3 is 0 Å². The molecular weight excluding hydrogens is 170 g/mol. The van der Waals surface area contributed by atoms with Crippen LogP contribution < -0.4 is 0 Å². The van der Waals surface area contributed by atoms with E-state index in [-0.39, 0.29) is 0 Å². The maximum Gasteiger partial charge on any atom is 0.213 e. The van der Waals surface area contributed by atoms with Crippen molar-refractivity contribution in [3.8, 4) is 0 Å². The number of aromatic nitrogens is 3. The van der Waals surface area contributed by atoms with Gasteiger partial charge in [-0.1, -0.05) is 27.7 Å². The molecule has 0 amide bonds. The summed E-state index contributed by atoms with van der Waals surface area (Å²) in [6.45, 7) is 8.18. The predicted octanol–water partition coefficient (Wildman–Crippen LogP) is 2.63. The topological polar surface area (TPSA) is 33.6 Å². The van der Waals surface area contributed by atoms with Crippen LogP contribution in [0, 0.1) is 4.77 Å². The summed E-state index contributed by atoms with van der Waals surface area (Å²) in [6.07, 6.45) is 0. The van der Waals surface area contributed by atoms with Crippen LogP contribution in [0.4, 0.5) is 0 Å². The molecule has 0 fully saturated rings. The van der Waals surface area contributed by atoms with Crippen molar-refractivity contribution in [2.75, 3.05) is 0 Å². The van der Waals surface area contributed by atoms with Crippen molar-refractivity contribution in [1.82, 2.24) is 14.8 Å². The minimum atomic E-state index is 0.429. The summed E-state index contributed by atoms with van der Waals surface area (Å²) in [4.78, 5) is 4.13. The summed E-state index contributed by atoms with van der Waals surface area (Å²) in [7, 11) is 1.91. The third kappa shape index (κ3) is 2.77. The van der Waals surface area contributed by atoms with Gasteiger partial charge in [-0.25, -0.2) is 4.98 Å². The Labute approximate surface area is 78.8 Å². The molecule has 0 radical (unpaired) electrons. The molecule has 4 heteroatoms. The number of H-pyrrole nitrogens is 1. The molecule has 70 valence electrons. The molecule has 12 heavy (non-hydrogen) atoms. The number of hydrogen-bond donors (Lipinski definition) is 1. The van der Waals surface area contributed by atoms with Gasteiger partial charge in [0.2, 0.25) is 4.77 Å². The first-order valence-electron chi connectivity index (χ1n) is 4.24. The van der Waals surface area contributed by atoms with E-state index in [9.17, 15) is 0 Å². The van der Waals surface area contributed by atoms with Gasteiger partial charge < -0.3 is 0 Å². The molecule has 1 aromatic rings. The van der Waals surface area contributed by atoms with Crippen molar-refractivity contribution in [2.45, 2.75) is 33.6 Å². The highest BCUT2D eigenvalue weighted by Gasteiger charge is 2.04. The molecule has 1 heterocycles. The highest BCUT2D eigenvalue weighted by atomic mass is 32.1. The van der Waals surface area contributed by atoms with Crippen molar-refractivity contribution in [3.63, 3.8) is 0 Å². The van der Waals surface area contributed by atoms with E-state index in [4.69, 9.17) is 12.2 Å². The second-order valence-corrected chi connectivity index (χ2v) is 2.99. The van der Waals surface area contributed by atoms with Crippen LogP contribution in [0.1, 0.15) is 39.4 Å². The average molecular weight is 187 g/mol. The maximum absolute atomic E-state index is 4.85. The summed E-state index contributed by atoms with van der Waals surface area (Å²) >= 11 is 4.85. The Bertz CT molecular complexity index is 272. The van der Waals surface area contributed by atoms with Gasteiger partial charge in [-0.15, -0.1) is 0 Å². The minimum Gasteiger partial charge on any atom is -0.275 e. The molecule has 0 aliphatic rings. The van der Waals surface area contributed by atoms with Crippen molar-refractivity contribution in [1.29, 1.82) is 0 Å². The Morgan fingerprint density at radius 3 is 2.08 bits per heavy atom. The van der Waals surface area contributed by atoms with E-state index >= 15 is 0 Å². The molecule has 1 N–H and O–H groups in total. The van der Waals surface area contributed by atoms with Gasteiger partial charge in [-0.2, -0.15) is 0 Å². The molecule has 0 aliphatic carbocycles. The molecule has 0 bridgehead atoms. The Morgan fingerprint density at radius 2 is 1.92 bits per heavy atom. The fourth-order valence-corrected chi connectivity index (χ4v) is 1.15. The minimum absolute atomic E-state index is 0.429. The average Bonchev–Trinajstić information content (AvgIpc) is 2.34. The van der Waals surface area contributed by atoms with Crippen LogP contribution in [0.25, 0.3) is 0 Å². The van der Waals surface area contributed by atoms with Crippen LogP contribution in [-0.2, 0) is 7.05 Å². The number of aryl methyl sites for hydroxylation is 1. The Hall–Kier alpha value is -0.640. The van der Waals surface area contributed by atoms with Gasteiger partial charge in [0.05, 0.1) is 0 Å². The Balaban J connectivity index is 0.000000561. The summed E-state index contributed by atoms with van der Waals surface area (Å²) in [5.41, 5.74) is 0. The summed E-state index contributed by atoms with van der Waals surface area (Å²) in [5.74, 6) is 1.43. The van der Waals surface area contributed by atoms with E-state index < -0.39 is 0 Å². The zero-order chi connectivity index (χ0) is 9.72. The molecule has 1 rings (SSSR count). The molecule has 0 atom stereocenters. The lowest BCUT2D eigenvalue weighted by atomic mass is 10.2. The van der Waals surface area contributed by atoms with E-state index in [1.807, 2.05) is 25.6 Å². The number of aromatic amines is 1. The monoisotopic (exact) mass is 187 g/mol. The quantitative estimate of drug-likeness (QED) is 0.686. The van der Waals surface area contributed by atoms with E-state index in [1.165, 1.54) is 0 Å². The van der Waals surface area contributed by atoms with E-state index in [2.05, 4.69) is 23.9 Å². The van der Waals surface area contributed by atoms with Crippen LogP contribution in [0.5, 0.6) is 0 Å². The summed E-state index contributed by atoms with van der Waals surface area (Å²) in [6, 6.07) is 0. The highest BCUT2D eigenvalue weighted by Crippen LogP contribution is 2.08. The van der Waals surface area contributed by atoms with Gasteiger partial charge in [-0.3, -0.25) is 9.78 Å². The van der Waals surface area contributed by atoms with Gasteiger partial charge in [0.25, 0.3) is 0 Å². The fraction of sp³-hybridized carbons (Fsp3) is 0.750. The number of rotatable bonds is 1. The molecule has 0 saturated carbocycles. The number of hydrogen-bond acceptors (Lipinski definition) is 2. The Kier molecular flexibility index (Phi) is 4.81. The SMILES string of the molecule is CC.CC(C)c1nc(=S)[nH]n1C. The van der Waals surface area contributed by atoms with Gasteiger partial charge in [0.1, 0.15) is 5.82 Å². The van der Waals surface area contributed by atoms with Crippen molar-refractivity contribution < 1.29 is 0 Å². The summed E-state index contributed by atoms with van der Waals surface area (Å²) in [5, 5.41) is 2.91. The second kappa shape index (κ2) is 5.09. The molecule has 3 nitrogen and oxygen atoms in total. The van der Waals surface area contributed by atoms with E-state index in [1.54, 1.807) is 0 Å². The zero-order valence-electron chi connectivity index (χ0n) is 8.38. The summed E-state index contributed by atoms with van der Waals surface area (Å²) < 4.78 is 2.42. The van der Waals surface area contributed by atoms with Gasteiger partial charge in [0.15, 0.2) is 0 Å². The second-order valence-electron chi connectivity index (χ2n) is 2.60. The molecule has 0 aliphatic heterocycles. The first-order chi connectivity index (χ1) is 5.61. The highest BCUT2D eigenvalue weighted by molar-refractivity contribution is 7.71. The standard InChI is InChI=1S/C6H11N3S.C2H6/c1-4(2)5-7-6(10)8-9(5)3;1-2/h4H,1-3H3,(H,8,10);1-2H3. The molecule has 0 aromatic carbocycles. The van der Waals surface area contributed by atoms with Crippen LogP contribution in [0.2, 0.25) is 0 Å².